The maximum atomic E-state index is 13.3. The van der Waals surface area contributed by atoms with E-state index in [1.165, 1.54) is 17.7 Å². The molecule has 5 nitrogen and oxygen atoms in total. The number of hydrogen-bond acceptors (Lipinski definition) is 5. The Hall–Kier alpha value is -1.41. The lowest BCUT2D eigenvalue weighted by atomic mass is 10.4. The Morgan fingerprint density at radius 2 is 2.06 bits per heavy atom. The molecule has 92 valence electrons. The van der Waals surface area contributed by atoms with E-state index in [1.54, 1.807) is 6.26 Å². The minimum absolute atomic E-state index is 0.00301. The molecule has 1 atom stereocenters. The van der Waals surface area contributed by atoms with Crippen LogP contribution in [0.15, 0.2) is 39.4 Å². The van der Waals surface area contributed by atoms with Crippen LogP contribution in [0.2, 0.25) is 0 Å². The molecule has 17 heavy (non-hydrogen) atoms. The minimum atomic E-state index is -4.18. The third-order valence-electron chi connectivity index (χ3n) is 1.96. The van der Waals surface area contributed by atoms with E-state index in [1.807, 2.05) is 0 Å². The number of nitrogens with zero attached hydrogens (tertiary/aromatic N) is 2. The normalized spacial score (nSPS) is 21.3. The number of halogens is 1. The lowest BCUT2D eigenvalue weighted by Crippen LogP contribution is -2.13. The molecule has 0 amide bonds. The smallest absolute Gasteiger partial charge is 0.344 e. The summed E-state index contributed by atoms with van der Waals surface area (Å²) in [5, 5.41) is 7.11. The van der Waals surface area contributed by atoms with Gasteiger partial charge in [-0.1, -0.05) is 12.1 Å². The van der Waals surface area contributed by atoms with Crippen LogP contribution >= 0.6 is 10.9 Å². The fourth-order valence-corrected chi connectivity index (χ4v) is 3.27. The van der Waals surface area contributed by atoms with Crippen molar-refractivity contribution in [3.05, 3.63) is 30.1 Å². The van der Waals surface area contributed by atoms with Crippen LogP contribution in [0.4, 0.5) is 4.39 Å². The zero-order chi connectivity index (χ0) is 12.5. The van der Waals surface area contributed by atoms with Crippen LogP contribution in [-0.4, -0.2) is 25.4 Å². The third kappa shape index (κ3) is 2.47. The summed E-state index contributed by atoms with van der Waals surface area (Å²) in [6.07, 6.45) is 1.74. The number of rotatable bonds is 2. The Morgan fingerprint density at radius 1 is 1.35 bits per heavy atom. The quantitative estimate of drug-likeness (QED) is 0.657. The van der Waals surface area contributed by atoms with E-state index in [9.17, 15) is 12.8 Å². The van der Waals surface area contributed by atoms with Crippen LogP contribution in [0.5, 0.6) is 0 Å². The first-order chi connectivity index (χ1) is 8.00. The van der Waals surface area contributed by atoms with Crippen LogP contribution < -0.4 is 0 Å². The van der Waals surface area contributed by atoms with E-state index in [4.69, 9.17) is 4.18 Å². The molecule has 0 saturated carbocycles. The zero-order valence-corrected chi connectivity index (χ0v) is 10.5. The van der Waals surface area contributed by atoms with E-state index < -0.39 is 31.7 Å². The van der Waals surface area contributed by atoms with Gasteiger partial charge in [-0.2, -0.15) is 8.42 Å². The highest BCUT2D eigenvalue weighted by Gasteiger charge is 2.25. The van der Waals surface area contributed by atoms with Crippen molar-refractivity contribution in [1.29, 1.82) is 0 Å². The summed E-state index contributed by atoms with van der Waals surface area (Å²) in [6, 6.07) is 5.01. The van der Waals surface area contributed by atoms with Gasteiger partial charge in [0.2, 0.25) is 0 Å². The molecule has 0 saturated heterocycles. The van der Waals surface area contributed by atoms with Gasteiger partial charge in [-0.25, -0.2) is 4.39 Å². The molecule has 0 N–H and O–H groups in total. The molecular weight excluding hydrogens is 267 g/mol. The van der Waals surface area contributed by atoms with E-state index in [0.29, 0.717) is 0 Å². The number of thiol groups is 1. The number of benzene rings is 1. The van der Waals surface area contributed by atoms with Crippen LogP contribution in [-0.2, 0) is 14.3 Å². The molecule has 1 aliphatic heterocycles. The number of hydrogen-bond donors (Lipinski definition) is 1. The molecule has 1 aliphatic rings. The van der Waals surface area contributed by atoms with Crippen molar-refractivity contribution >= 4 is 31.8 Å². The Kier molecular flexibility index (Phi) is 3.16. The van der Waals surface area contributed by atoms with Gasteiger partial charge in [-0.3, -0.25) is 0 Å². The highest BCUT2D eigenvalue weighted by Crippen LogP contribution is 2.28. The molecular formula is C9H9FN2O3S2. The van der Waals surface area contributed by atoms with Gasteiger partial charge in [0.25, 0.3) is 5.23 Å². The highest BCUT2D eigenvalue weighted by molar-refractivity contribution is 8.39. The average Bonchev–Trinajstić information content (AvgIpc) is 2.64. The molecule has 1 heterocycles. The molecule has 0 spiro atoms. The van der Waals surface area contributed by atoms with Gasteiger partial charge in [0.05, 0.1) is 5.55 Å². The average molecular weight is 276 g/mol. The summed E-state index contributed by atoms with van der Waals surface area (Å²) in [4.78, 5) is -0.502. The predicted octanol–water partition coefficient (Wildman–Crippen LogP) is 1.47. The molecule has 0 aliphatic carbocycles. The molecule has 0 radical (unpaired) electrons. The van der Waals surface area contributed by atoms with Crippen molar-refractivity contribution in [2.45, 2.75) is 4.90 Å². The van der Waals surface area contributed by atoms with Crippen molar-refractivity contribution in [2.24, 2.45) is 10.2 Å². The Labute approximate surface area is 100 Å². The van der Waals surface area contributed by atoms with E-state index >= 15 is 0 Å². The van der Waals surface area contributed by atoms with Crippen molar-refractivity contribution in [3.8, 4) is 0 Å². The van der Waals surface area contributed by atoms with Gasteiger partial charge in [0, 0.05) is 0 Å². The first-order valence-electron chi connectivity index (χ1n) is 4.54. The Morgan fingerprint density at radius 3 is 2.65 bits per heavy atom. The van der Waals surface area contributed by atoms with Gasteiger partial charge in [-0.15, -0.1) is 21.1 Å². The van der Waals surface area contributed by atoms with Crippen molar-refractivity contribution in [1.82, 2.24) is 0 Å². The summed E-state index contributed by atoms with van der Waals surface area (Å²) < 4.78 is 41.6. The summed E-state index contributed by atoms with van der Waals surface area (Å²) in [5.41, 5.74) is 1.50. The van der Waals surface area contributed by atoms with Gasteiger partial charge in [0.1, 0.15) is 10.7 Å². The van der Waals surface area contributed by atoms with Crippen LogP contribution in [0.25, 0.3) is 0 Å². The Balaban J connectivity index is 2.30. The van der Waals surface area contributed by atoms with Gasteiger partial charge in [0.15, 0.2) is 0 Å². The molecule has 1 aromatic rings. The summed E-state index contributed by atoms with van der Waals surface area (Å²) in [5.74, 6) is -0.854. The van der Waals surface area contributed by atoms with Crippen LogP contribution in [0.3, 0.4) is 0 Å². The van der Waals surface area contributed by atoms with Gasteiger partial charge in [-0.05, 0) is 18.4 Å². The van der Waals surface area contributed by atoms with Crippen molar-refractivity contribution < 1.29 is 17.0 Å². The molecule has 1 unspecified atom stereocenters. The fraction of sp³-hybridized carbons (Fsp3) is 0.111. The fourth-order valence-electron chi connectivity index (χ4n) is 1.14. The highest BCUT2D eigenvalue weighted by atomic mass is 32.2. The molecule has 2 rings (SSSR count). The predicted molar refractivity (Wildman–Crippen MR) is 65.5 cm³/mol. The molecule has 0 bridgehead atoms. The van der Waals surface area contributed by atoms with Crippen molar-refractivity contribution in [2.75, 3.05) is 6.26 Å². The van der Waals surface area contributed by atoms with E-state index in [-0.39, 0.29) is 5.23 Å². The van der Waals surface area contributed by atoms with Crippen LogP contribution in [0.1, 0.15) is 0 Å². The minimum Gasteiger partial charge on any atom is -0.351 e. The largest absolute Gasteiger partial charge is 0.351 e. The summed E-state index contributed by atoms with van der Waals surface area (Å²) in [6.45, 7) is 0. The first-order valence-corrected chi connectivity index (χ1v) is 7.80. The van der Waals surface area contributed by atoms with E-state index in [2.05, 4.69) is 10.2 Å². The lowest BCUT2D eigenvalue weighted by molar-refractivity contribution is 0.478. The summed E-state index contributed by atoms with van der Waals surface area (Å²) in [7, 11) is -5.14. The van der Waals surface area contributed by atoms with Gasteiger partial charge >= 0.3 is 10.1 Å². The Bertz CT molecular complexity index is 598. The summed E-state index contributed by atoms with van der Waals surface area (Å²) >= 11 is 0. The van der Waals surface area contributed by atoms with Crippen LogP contribution in [0, 0.1) is 5.82 Å². The maximum Gasteiger partial charge on any atom is 0.344 e. The van der Waals surface area contributed by atoms with E-state index in [0.717, 1.165) is 12.1 Å². The maximum absolute atomic E-state index is 13.3. The van der Waals surface area contributed by atoms with Gasteiger partial charge < -0.3 is 4.18 Å². The first kappa shape index (κ1) is 12.1. The zero-order valence-electron chi connectivity index (χ0n) is 8.74. The second kappa shape index (κ2) is 4.46. The second-order valence-electron chi connectivity index (χ2n) is 3.19. The molecule has 0 fully saturated rings. The second-order valence-corrected chi connectivity index (χ2v) is 6.54. The monoisotopic (exact) mass is 276 g/mol. The SMILES string of the molecule is C[SH]1C=NN=C1OS(=O)(=O)c1ccccc1F. The van der Waals surface area contributed by atoms with Crippen molar-refractivity contribution in [3.63, 3.8) is 0 Å². The molecule has 8 heteroatoms. The topological polar surface area (TPSA) is 68.1 Å². The molecule has 1 aromatic carbocycles. The standard InChI is InChI=1S/C9H9FN2O3S2/c1-16-6-11-12-9(16)15-17(13,14)8-5-3-2-4-7(8)10/h2-6,16H,1H3. The third-order valence-corrected chi connectivity index (χ3v) is 4.56. The molecule has 0 aromatic heterocycles. The lowest BCUT2D eigenvalue weighted by Gasteiger charge is -2.10.